The monoisotopic (exact) mass is 419 g/mol. The number of hydrogen-bond donors (Lipinski definition) is 2. The van der Waals surface area contributed by atoms with Gasteiger partial charge in [0.05, 0.1) is 23.3 Å². The van der Waals surface area contributed by atoms with Gasteiger partial charge in [-0.3, -0.25) is 0 Å². The first-order valence-electron chi connectivity index (χ1n) is 10.6. The summed E-state index contributed by atoms with van der Waals surface area (Å²) >= 11 is 0. The lowest BCUT2D eigenvalue weighted by atomic mass is 9.84. The number of anilines is 2. The Labute approximate surface area is 180 Å². The summed E-state index contributed by atoms with van der Waals surface area (Å²) in [6.07, 6.45) is 6.45. The van der Waals surface area contributed by atoms with Crippen molar-refractivity contribution in [2.24, 2.45) is 11.7 Å². The van der Waals surface area contributed by atoms with Crippen molar-refractivity contribution in [2.75, 3.05) is 11.9 Å². The van der Waals surface area contributed by atoms with Crippen LogP contribution in [0.25, 0.3) is 10.8 Å². The number of carbonyl (C=O) groups is 1. The molecule has 160 valence electrons. The zero-order valence-electron chi connectivity index (χ0n) is 17.6. The van der Waals surface area contributed by atoms with Crippen molar-refractivity contribution in [3.05, 3.63) is 47.4 Å². The number of nitrogens with two attached hydrogens (primary N) is 1. The highest BCUT2D eigenvalue weighted by Gasteiger charge is 2.28. The maximum atomic E-state index is 11.8. The van der Waals surface area contributed by atoms with Crippen LogP contribution < -0.4 is 15.8 Å². The van der Waals surface area contributed by atoms with Gasteiger partial charge in [-0.2, -0.15) is 0 Å². The third-order valence-electron chi connectivity index (χ3n) is 5.89. The van der Waals surface area contributed by atoms with Gasteiger partial charge in [0, 0.05) is 24.9 Å². The molecule has 0 bridgehead atoms. The van der Waals surface area contributed by atoms with Crippen LogP contribution in [0.4, 0.5) is 11.6 Å². The molecule has 8 heteroatoms. The molecule has 3 N–H and O–H groups in total. The molecule has 31 heavy (non-hydrogen) atoms. The summed E-state index contributed by atoms with van der Waals surface area (Å²) in [5.41, 5.74) is 8.37. The second-order valence-electron chi connectivity index (χ2n) is 8.44. The number of fused-ring (bicyclic) bond motifs is 2. The van der Waals surface area contributed by atoms with E-state index < -0.39 is 0 Å². The summed E-state index contributed by atoms with van der Waals surface area (Å²) in [6, 6.07) is 5.25. The molecule has 0 radical (unpaired) electrons. The quantitative estimate of drug-likeness (QED) is 0.602. The third-order valence-corrected chi connectivity index (χ3v) is 5.89. The molecule has 3 aromatic rings. The van der Waals surface area contributed by atoms with E-state index in [1.807, 2.05) is 13.0 Å². The zero-order chi connectivity index (χ0) is 21.5. The summed E-state index contributed by atoms with van der Waals surface area (Å²) in [6.45, 7) is 4.51. The van der Waals surface area contributed by atoms with E-state index >= 15 is 0 Å². The maximum Gasteiger partial charge on any atom is 0.340 e. The molecule has 1 unspecified atom stereocenters. The minimum absolute atomic E-state index is 0.184. The van der Waals surface area contributed by atoms with Gasteiger partial charge in [-0.25, -0.2) is 19.7 Å². The van der Waals surface area contributed by atoms with E-state index in [1.165, 1.54) is 0 Å². The highest BCUT2D eigenvalue weighted by Crippen LogP contribution is 2.35. The SMILES string of the molecule is CC1CC(Oc2ncc(C(C)N)c3cc(Nc4ccc5c(n4)CCOC5=O)ncc23)C1. The summed E-state index contributed by atoms with van der Waals surface area (Å²) in [5.74, 6) is 2.22. The van der Waals surface area contributed by atoms with E-state index in [-0.39, 0.29) is 18.1 Å². The van der Waals surface area contributed by atoms with Crippen LogP contribution in [0, 0.1) is 5.92 Å². The van der Waals surface area contributed by atoms with E-state index in [0.29, 0.717) is 42.0 Å². The summed E-state index contributed by atoms with van der Waals surface area (Å²) < 4.78 is 11.2. The first-order chi connectivity index (χ1) is 15.0. The third kappa shape index (κ3) is 3.79. The predicted molar refractivity (Wildman–Crippen MR) is 116 cm³/mol. The highest BCUT2D eigenvalue weighted by molar-refractivity contribution is 5.92. The standard InChI is InChI=1S/C23H25N5O3/c1-12-7-14(8-12)31-22-18-11-25-21(9-16(18)17(10-26-22)13(2)24)28-20-4-3-15-19(27-20)5-6-30-23(15)29/h3-4,9-14H,5-8,24H2,1-2H3,(H,25,27,28). The number of esters is 1. The van der Waals surface area contributed by atoms with Crippen LogP contribution in [0.3, 0.4) is 0 Å². The van der Waals surface area contributed by atoms with Crippen LogP contribution >= 0.6 is 0 Å². The van der Waals surface area contributed by atoms with E-state index in [0.717, 1.165) is 34.9 Å². The number of aromatic nitrogens is 3. The number of hydrogen-bond acceptors (Lipinski definition) is 8. The Morgan fingerprint density at radius 2 is 2.03 bits per heavy atom. The van der Waals surface area contributed by atoms with Crippen LogP contribution in [-0.4, -0.2) is 33.6 Å². The lowest BCUT2D eigenvalue weighted by Crippen LogP contribution is -2.32. The number of cyclic esters (lactones) is 1. The molecule has 3 aromatic heterocycles. The van der Waals surface area contributed by atoms with Gasteiger partial charge in [0.1, 0.15) is 17.7 Å². The molecule has 1 aliphatic carbocycles. The van der Waals surface area contributed by atoms with Crippen molar-refractivity contribution < 1.29 is 14.3 Å². The van der Waals surface area contributed by atoms with Gasteiger partial charge in [0.15, 0.2) is 0 Å². The summed E-state index contributed by atoms with van der Waals surface area (Å²) in [5, 5.41) is 5.04. The lowest BCUT2D eigenvalue weighted by Gasteiger charge is -2.32. The number of pyridine rings is 3. The second kappa shape index (κ2) is 7.77. The van der Waals surface area contributed by atoms with E-state index in [9.17, 15) is 4.79 Å². The van der Waals surface area contributed by atoms with Gasteiger partial charge in [-0.15, -0.1) is 0 Å². The van der Waals surface area contributed by atoms with Crippen LogP contribution in [0.1, 0.15) is 54.3 Å². The number of nitrogens with zero attached hydrogens (tertiary/aromatic N) is 3. The highest BCUT2D eigenvalue weighted by atomic mass is 16.5. The molecular weight excluding hydrogens is 394 g/mol. The molecule has 2 aliphatic rings. The maximum absolute atomic E-state index is 11.8. The predicted octanol–water partition coefficient (Wildman–Crippen LogP) is 3.68. The Bertz CT molecular complexity index is 1160. The average Bonchev–Trinajstić information content (AvgIpc) is 2.72. The van der Waals surface area contributed by atoms with Gasteiger partial charge in [-0.05, 0) is 54.8 Å². The molecule has 8 nitrogen and oxygen atoms in total. The van der Waals surface area contributed by atoms with Gasteiger partial charge in [0.2, 0.25) is 5.88 Å². The fraction of sp³-hybridized carbons (Fsp3) is 0.391. The van der Waals surface area contributed by atoms with Crippen molar-refractivity contribution in [1.82, 2.24) is 15.0 Å². The van der Waals surface area contributed by atoms with Gasteiger partial charge in [0.25, 0.3) is 0 Å². The second-order valence-corrected chi connectivity index (χ2v) is 8.44. The Balaban J connectivity index is 1.47. The lowest BCUT2D eigenvalue weighted by molar-refractivity contribution is 0.0477. The van der Waals surface area contributed by atoms with Crippen molar-refractivity contribution in [2.45, 2.75) is 45.3 Å². The first kappa shape index (κ1) is 19.7. The van der Waals surface area contributed by atoms with Crippen molar-refractivity contribution >= 4 is 28.4 Å². The van der Waals surface area contributed by atoms with E-state index in [1.54, 1.807) is 24.5 Å². The topological polar surface area (TPSA) is 112 Å². The normalized spacial score (nSPS) is 21.1. The van der Waals surface area contributed by atoms with Crippen LogP contribution in [-0.2, 0) is 11.2 Å². The molecule has 5 rings (SSSR count). The van der Waals surface area contributed by atoms with Gasteiger partial charge in [-0.1, -0.05) is 6.92 Å². The summed E-state index contributed by atoms with van der Waals surface area (Å²) in [4.78, 5) is 25.5. The van der Waals surface area contributed by atoms with Crippen LogP contribution in [0.2, 0.25) is 0 Å². The number of rotatable bonds is 5. The van der Waals surface area contributed by atoms with E-state index in [2.05, 4.69) is 27.2 Å². The molecule has 4 heterocycles. The summed E-state index contributed by atoms with van der Waals surface area (Å²) in [7, 11) is 0. The Morgan fingerprint density at radius 3 is 2.81 bits per heavy atom. The van der Waals surface area contributed by atoms with Crippen molar-refractivity contribution in [1.29, 1.82) is 0 Å². The van der Waals surface area contributed by atoms with Crippen molar-refractivity contribution in [3.8, 4) is 5.88 Å². The Hall–Kier alpha value is -3.26. The molecular formula is C23H25N5O3. The fourth-order valence-electron chi connectivity index (χ4n) is 4.14. The minimum Gasteiger partial charge on any atom is -0.474 e. The largest absolute Gasteiger partial charge is 0.474 e. The van der Waals surface area contributed by atoms with Gasteiger partial charge < -0.3 is 20.5 Å². The zero-order valence-corrected chi connectivity index (χ0v) is 17.6. The minimum atomic E-state index is -0.327. The Morgan fingerprint density at radius 1 is 1.19 bits per heavy atom. The van der Waals surface area contributed by atoms with Crippen molar-refractivity contribution in [3.63, 3.8) is 0 Å². The molecule has 1 fully saturated rings. The van der Waals surface area contributed by atoms with E-state index in [4.69, 9.17) is 15.2 Å². The smallest absolute Gasteiger partial charge is 0.340 e. The molecule has 0 saturated heterocycles. The fourth-order valence-corrected chi connectivity index (χ4v) is 4.14. The molecule has 1 saturated carbocycles. The molecule has 1 aliphatic heterocycles. The first-order valence-corrected chi connectivity index (χ1v) is 10.6. The average molecular weight is 419 g/mol. The Kier molecular flexibility index (Phi) is 4.94. The number of ether oxygens (including phenoxy) is 2. The van der Waals surface area contributed by atoms with Gasteiger partial charge >= 0.3 is 5.97 Å². The van der Waals surface area contributed by atoms with Crippen LogP contribution in [0.15, 0.2) is 30.6 Å². The number of carbonyl (C=O) groups excluding carboxylic acids is 1. The molecule has 1 atom stereocenters. The molecule has 0 amide bonds. The van der Waals surface area contributed by atoms with Crippen LogP contribution in [0.5, 0.6) is 5.88 Å². The molecule has 0 spiro atoms. The number of nitrogens with one attached hydrogen (secondary N) is 1. The molecule has 0 aromatic carbocycles.